The smallest absolute Gasteiger partial charge is 0.0971 e. The monoisotopic (exact) mass is 196 g/mol. The number of nitrogens with zero attached hydrogens (tertiary/aromatic N) is 1. The lowest BCUT2D eigenvalue weighted by molar-refractivity contribution is 0.518. The molecule has 1 saturated carbocycles. The third-order valence-corrected chi connectivity index (χ3v) is 2.96. The van der Waals surface area contributed by atoms with Crippen LogP contribution in [0.15, 0.2) is 4.99 Å². The van der Waals surface area contributed by atoms with E-state index in [1.807, 2.05) is 0 Å². The molecule has 0 saturated heterocycles. The molecular formula is C12H24N2. The maximum atomic E-state index is 6.01. The summed E-state index contributed by atoms with van der Waals surface area (Å²) in [7, 11) is 0. The Bertz CT molecular complexity index is 190. The van der Waals surface area contributed by atoms with Gasteiger partial charge in [-0.15, -0.1) is 0 Å². The Morgan fingerprint density at radius 2 is 1.86 bits per heavy atom. The van der Waals surface area contributed by atoms with Crippen molar-refractivity contribution >= 4 is 5.84 Å². The van der Waals surface area contributed by atoms with Crippen molar-refractivity contribution in [3.8, 4) is 0 Å². The van der Waals surface area contributed by atoms with Gasteiger partial charge in [-0.05, 0) is 32.1 Å². The Morgan fingerprint density at radius 3 is 2.36 bits per heavy atom. The summed E-state index contributed by atoms with van der Waals surface area (Å²) >= 11 is 0. The van der Waals surface area contributed by atoms with Gasteiger partial charge >= 0.3 is 0 Å². The molecular weight excluding hydrogens is 172 g/mol. The average molecular weight is 196 g/mol. The Kier molecular flexibility index (Phi) is 4.43. The molecule has 1 aliphatic rings. The molecule has 0 heterocycles. The zero-order valence-electron chi connectivity index (χ0n) is 9.79. The molecule has 2 N–H and O–H groups in total. The molecule has 1 atom stereocenters. The van der Waals surface area contributed by atoms with Crippen molar-refractivity contribution in [3.63, 3.8) is 0 Å². The standard InChI is InChI=1S/C12H24N2/c1-9(2)8-10(3)14-12(13)11-6-4-5-7-11/h9-11H,4-8H2,1-3H3,(H2,13,14). The molecule has 1 fully saturated rings. The average Bonchev–Trinajstić information content (AvgIpc) is 2.53. The summed E-state index contributed by atoms with van der Waals surface area (Å²) in [4.78, 5) is 4.59. The summed E-state index contributed by atoms with van der Waals surface area (Å²) in [6, 6.07) is 0.399. The van der Waals surface area contributed by atoms with E-state index in [4.69, 9.17) is 5.73 Å². The van der Waals surface area contributed by atoms with Gasteiger partial charge in [0, 0.05) is 12.0 Å². The minimum Gasteiger partial charge on any atom is -0.387 e. The van der Waals surface area contributed by atoms with Crippen LogP contribution in [0.1, 0.15) is 52.9 Å². The number of amidine groups is 1. The fourth-order valence-electron chi connectivity index (χ4n) is 2.32. The van der Waals surface area contributed by atoms with Gasteiger partial charge in [0.1, 0.15) is 0 Å². The van der Waals surface area contributed by atoms with Crippen LogP contribution in [0.4, 0.5) is 0 Å². The molecule has 2 heteroatoms. The second-order valence-corrected chi connectivity index (χ2v) is 5.01. The molecule has 0 radical (unpaired) electrons. The second kappa shape index (κ2) is 5.38. The van der Waals surface area contributed by atoms with Gasteiger partial charge in [0.05, 0.1) is 5.84 Å². The summed E-state index contributed by atoms with van der Waals surface area (Å²) in [5, 5.41) is 0. The minimum atomic E-state index is 0.399. The third-order valence-electron chi connectivity index (χ3n) is 2.96. The molecule has 14 heavy (non-hydrogen) atoms. The van der Waals surface area contributed by atoms with E-state index in [0.717, 1.165) is 12.3 Å². The molecule has 1 rings (SSSR count). The largest absolute Gasteiger partial charge is 0.387 e. The normalized spacial score (nSPS) is 21.9. The Hall–Kier alpha value is -0.530. The number of rotatable bonds is 4. The molecule has 1 unspecified atom stereocenters. The number of hydrogen-bond acceptors (Lipinski definition) is 1. The van der Waals surface area contributed by atoms with E-state index in [9.17, 15) is 0 Å². The SMILES string of the molecule is CC(C)CC(C)N=C(N)C1CCCC1. The highest BCUT2D eigenvalue weighted by Gasteiger charge is 2.19. The highest BCUT2D eigenvalue weighted by Crippen LogP contribution is 2.25. The van der Waals surface area contributed by atoms with Crippen LogP contribution in [0, 0.1) is 11.8 Å². The van der Waals surface area contributed by atoms with Crippen molar-refractivity contribution in [2.24, 2.45) is 22.6 Å². The maximum Gasteiger partial charge on any atom is 0.0971 e. The number of hydrogen-bond donors (Lipinski definition) is 1. The number of nitrogens with two attached hydrogens (primary N) is 1. The lowest BCUT2D eigenvalue weighted by atomic mass is 10.0. The van der Waals surface area contributed by atoms with Crippen LogP contribution in [0.5, 0.6) is 0 Å². The first-order valence-electron chi connectivity index (χ1n) is 5.92. The van der Waals surface area contributed by atoms with Crippen LogP contribution in [0.2, 0.25) is 0 Å². The first-order chi connectivity index (χ1) is 6.59. The minimum absolute atomic E-state index is 0.399. The molecule has 1 aliphatic carbocycles. The van der Waals surface area contributed by atoms with Gasteiger partial charge in [-0.2, -0.15) is 0 Å². The summed E-state index contributed by atoms with van der Waals surface area (Å²) in [6.45, 7) is 6.64. The zero-order valence-corrected chi connectivity index (χ0v) is 9.79. The highest BCUT2D eigenvalue weighted by molar-refractivity contribution is 5.83. The van der Waals surface area contributed by atoms with E-state index in [1.165, 1.54) is 25.7 Å². The van der Waals surface area contributed by atoms with E-state index in [2.05, 4.69) is 25.8 Å². The van der Waals surface area contributed by atoms with Crippen molar-refractivity contribution in [1.82, 2.24) is 0 Å². The second-order valence-electron chi connectivity index (χ2n) is 5.01. The van der Waals surface area contributed by atoms with Gasteiger partial charge in [0.25, 0.3) is 0 Å². The van der Waals surface area contributed by atoms with Gasteiger partial charge in [0.2, 0.25) is 0 Å². The Balaban J connectivity index is 2.40. The predicted molar refractivity (Wildman–Crippen MR) is 62.5 cm³/mol. The van der Waals surface area contributed by atoms with Crippen molar-refractivity contribution in [2.45, 2.75) is 58.9 Å². The topological polar surface area (TPSA) is 38.4 Å². The first kappa shape index (κ1) is 11.5. The summed E-state index contributed by atoms with van der Waals surface area (Å²) in [5.41, 5.74) is 6.01. The van der Waals surface area contributed by atoms with Gasteiger partial charge in [-0.1, -0.05) is 26.7 Å². The summed E-state index contributed by atoms with van der Waals surface area (Å²) in [5.74, 6) is 2.21. The van der Waals surface area contributed by atoms with Crippen LogP contribution in [0.25, 0.3) is 0 Å². The molecule has 82 valence electrons. The Labute approximate surface area is 88.0 Å². The zero-order chi connectivity index (χ0) is 10.6. The summed E-state index contributed by atoms with van der Waals surface area (Å²) in [6.07, 6.45) is 6.32. The van der Waals surface area contributed by atoms with E-state index >= 15 is 0 Å². The van der Waals surface area contributed by atoms with Gasteiger partial charge in [-0.3, -0.25) is 4.99 Å². The fourth-order valence-corrected chi connectivity index (χ4v) is 2.32. The van der Waals surface area contributed by atoms with Crippen molar-refractivity contribution in [3.05, 3.63) is 0 Å². The van der Waals surface area contributed by atoms with Crippen LogP contribution in [-0.4, -0.2) is 11.9 Å². The molecule has 0 aromatic heterocycles. The van der Waals surface area contributed by atoms with E-state index in [1.54, 1.807) is 0 Å². The lowest BCUT2D eigenvalue weighted by Gasteiger charge is -2.13. The third kappa shape index (κ3) is 3.69. The molecule has 0 amide bonds. The van der Waals surface area contributed by atoms with Gasteiger partial charge in [0.15, 0.2) is 0 Å². The van der Waals surface area contributed by atoms with Gasteiger partial charge in [-0.25, -0.2) is 0 Å². The molecule has 0 bridgehead atoms. The predicted octanol–water partition coefficient (Wildman–Crippen LogP) is 2.97. The van der Waals surface area contributed by atoms with E-state index in [-0.39, 0.29) is 0 Å². The van der Waals surface area contributed by atoms with Crippen LogP contribution in [-0.2, 0) is 0 Å². The fraction of sp³-hybridized carbons (Fsp3) is 0.917. The van der Waals surface area contributed by atoms with Crippen molar-refractivity contribution in [2.75, 3.05) is 0 Å². The summed E-state index contributed by atoms with van der Waals surface area (Å²) < 4.78 is 0. The molecule has 0 aromatic rings. The van der Waals surface area contributed by atoms with E-state index in [0.29, 0.717) is 17.9 Å². The van der Waals surface area contributed by atoms with E-state index < -0.39 is 0 Å². The quantitative estimate of drug-likeness (QED) is 0.545. The molecule has 2 nitrogen and oxygen atoms in total. The van der Waals surface area contributed by atoms with Gasteiger partial charge < -0.3 is 5.73 Å². The van der Waals surface area contributed by atoms with Crippen LogP contribution >= 0.6 is 0 Å². The van der Waals surface area contributed by atoms with Crippen LogP contribution in [0.3, 0.4) is 0 Å². The molecule has 0 spiro atoms. The maximum absolute atomic E-state index is 6.01. The highest BCUT2D eigenvalue weighted by atomic mass is 14.9. The Morgan fingerprint density at radius 1 is 1.29 bits per heavy atom. The number of aliphatic imine (C=N–C) groups is 1. The van der Waals surface area contributed by atoms with Crippen molar-refractivity contribution in [1.29, 1.82) is 0 Å². The molecule has 0 aliphatic heterocycles. The molecule has 0 aromatic carbocycles. The van der Waals surface area contributed by atoms with Crippen molar-refractivity contribution < 1.29 is 0 Å². The van der Waals surface area contributed by atoms with Crippen LogP contribution < -0.4 is 5.73 Å². The first-order valence-corrected chi connectivity index (χ1v) is 5.92. The lowest BCUT2D eigenvalue weighted by Crippen LogP contribution is -2.23.